The molecule has 0 N–H and O–H groups in total. The molecule has 0 bridgehead atoms. The smallest absolute Gasteiger partial charge is 0.223 e. The lowest BCUT2D eigenvalue weighted by atomic mass is 9.97. The Bertz CT molecular complexity index is 512. The average Bonchev–Trinajstić information content (AvgIpc) is 2.87. The van der Waals surface area contributed by atoms with Crippen LogP contribution < -0.4 is 4.90 Å². The van der Waals surface area contributed by atoms with Crippen molar-refractivity contribution in [3.8, 4) is 0 Å². The molecule has 1 aliphatic heterocycles. The molecule has 1 saturated heterocycles. The predicted octanol–water partition coefficient (Wildman–Crippen LogP) is 1.55. The summed E-state index contributed by atoms with van der Waals surface area (Å²) in [6.07, 6.45) is 7.40. The van der Waals surface area contributed by atoms with Crippen molar-refractivity contribution in [2.75, 3.05) is 18.0 Å². The van der Waals surface area contributed by atoms with Crippen LogP contribution in [0.25, 0.3) is 0 Å². The van der Waals surface area contributed by atoms with Crippen LogP contribution in [0.4, 0.5) is 5.82 Å². The standard InChI is InChI=1S/C12H15N5O/c1-9-15-12(16-18-9)10-3-2-6-17(8-10)11-7-13-4-5-14-11/h4-5,7,10H,2-3,6,8H2,1H3. The lowest BCUT2D eigenvalue weighted by molar-refractivity contribution is 0.376. The Labute approximate surface area is 105 Å². The third-order valence-electron chi connectivity index (χ3n) is 3.20. The molecular weight excluding hydrogens is 230 g/mol. The lowest BCUT2D eigenvalue weighted by Crippen LogP contribution is -2.35. The number of hydrogen-bond acceptors (Lipinski definition) is 6. The van der Waals surface area contributed by atoms with Crippen LogP contribution in [0, 0.1) is 6.92 Å². The fraction of sp³-hybridized carbons (Fsp3) is 0.500. The number of aryl methyl sites for hydroxylation is 1. The minimum atomic E-state index is 0.318. The molecule has 3 rings (SSSR count). The van der Waals surface area contributed by atoms with Crippen LogP contribution >= 0.6 is 0 Å². The van der Waals surface area contributed by atoms with Crippen LogP contribution in [-0.4, -0.2) is 33.2 Å². The van der Waals surface area contributed by atoms with E-state index in [2.05, 4.69) is 25.0 Å². The number of anilines is 1. The molecule has 94 valence electrons. The first-order chi connectivity index (χ1) is 8.83. The van der Waals surface area contributed by atoms with Crippen molar-refractivity contribution in [1.29, 1.82) is 0 Å². The average molecular weight is 245 g/mol. The molecule has 0 amide bonds. The number of hydrogen-bond donors (Lipinski definition) is 0. The molecule has 6 heteroatoms. The molecule has 0 radical (unpaired) electrons. The number of nitrogens with zero attached hydrogens (tertiary/aromatic N) is 5. The first kappa shape index (κ1) is 11.1. The van der Waals surface area contributed by atoms with Crippen LogP contribution in [0.5, 0.6) is 0 Å². The van der Waals surface area contributed by atoms with E-state index in [-0.39, 0.29) is 0 Å². The van der Waals surface area contributed by atoms with Crippen molar-refractivity contribution >= 4 is 5.82 Å². The zero-order chi connectivity index (χ0) is 12.4. The molecule has 2 aromatic rings. The molecule has 1 atom stereocenters. The fourth-order valence-electron chi connectivity index (χ4n) is 2.33. The summed E-state index contributed by atoms with van der Waals surface area (Å²) in [5.74, 6) is 2.67. The molecule has 0 saturated carbocycles. The second kappa shape index (κ2) is 4.72. The Morgan fingerprint density at radius 2 is 2.33 bits per heavy atom. The second-order valence-corrected chi connectivity index (χ2v) is 4.52. The number of rotatable bonds is 2. The maximum atomic E-state index is 5.05. The molecular formula is C12H15N5O. The first-order valence-electron chi connectivity index (χ1n) is 6.14. The summed E-state index contributed by atoms with van der Waals surface area (Å²) in [5, 5.41) is 4.02. The van der Waals surface area contributed by atoms with Gasteiger partial charge in [0, 0.05) is 38.3 Å². The summed E-state index contributed by atoms with van der Waals surface area (Å²) >= 11 is 0. The van der Waals surface area contributed by atoms with Crippen molar-refractivity contribution in [3.63, 3.8) is 0 Å². The highest BCUT2D eigenvalue weighted by Crippen LogP contribution is 2.27. The summed E-state index contributed by atoms with van der Waals surface area (Å²) in [5.41, 5.74) is 0. The second-order valence-electron chi connectivity index (χ2n) is 4.52. The van der Waals surface area contributed by atoms with Gasteiger partial charge in [0.2, 0.25) is 5.89 Å². The van der Waals surface area contributed by atoms with Gasteiger partial charge in [0.05, 0.1) is 6.20 Å². The Kier molecular flexibility index (Phi) is 2.92. The Morgan fingerprint density at radius 3 is 3.06 bits per heavy atom. The minimum Gasteiger partial charge on any atom is -0.355 e. The lowest BCUT2D eigenvalue weighted by Gasteiger charge is -2.31. The highest BCUT2D eigenvalue weighted by molar-refractivity contribution is 5.36. The van der Waals surface area contributed by atoms with Crippen LogP contribution in [0.2, 0.25) is 0 Å². The van der Waals surface area contributed by atoms with Gasteiger partial charge >= 0.3 is 0 Å². The van der Waals surface area contributed by atoms with Crippen molar-refractivity contribution < 1.29 is 4.52 Å². The summed E-state index contributed by atoms with van der Waals surface area (Å²) in [6.45, 7) is 3.70. The van der Waals surface area contributed by atoms with Crippen LogP contribution in [0.3, 0.4) is 0 Å². The van der Waals surface area contributed by atoms with Gasteiger partial charge in [-0.25, -0.2) is 4.98 Å². The predicted molar refractivity (Wildman–Crippen MR) is 65.3 cm³/mol. The van der Waals surface area contributed by atoms with E-state index in [4.69, 9.17) is 4.52 Å². The van der Waals surface area contributed by atoms with Gasteiger partial charge in [0.25, 0.3) is 0 Å². The molecule has 1 fully saturated rings. The van der Waals surface area contributed by atoms with Gasteiger partial charge in [-0.3, -0.25) is 4.98 Å². The third-order valence-corrected chi connectivity index (χ3v) is 3.20. The quantitative estimate of drug-likeness (QED) is 0.799. The molecule has 0 aromatic carbocycles. The van der Waals surface area contributed by atoms with Gasteiger partial charge in [-0.15, -0.1) is 0 Å². The van der Waals surface area contributed by atoms with E-state index in [1.54, 1.807) is 18.6 Å². The van der Waals surface area contributed by atoms with E-state index in [1.807, 2.05) is 6.92 Å². The summed E-state index contributed by atoms with van der Waals surface area (Å²) in [6, 6.07) is 0. The molecule has 0 spiro atoms. The number of piperidine rings is 1. The van der Waals surface area contributed by atoms with Gasteiger partial charge in [-0.2, -0.15) is 4.98 Å². The third kappa shape index (κ3) is 2.18. The summed E-state index contributed by atoms with van der Waals surface area (Å²) in [4.78, 5) is 15.0. The maximum Gasteiger partial charge on any atom is 0.223 e. The maximum absolute atomic E-state index is 5.05. The van der Waals surface area contributed by atoms with Crippen molar-refractivity contribution in [2.45, 2.75) is 25.7 Å². The largest absolute Gasteiger partial charge is 0.355 e. The first-order valence-corrected chi connectivity index (χ1v) is 6.14. The Morgan fingerprint density at radius 1 is 1.39 bits per heavy atom. The van der Waals surface area contributed by atoms with E-state index < -0.39 is 0 Å². The summed E-state index contributed by atoms with van der Waals surface area (Å²) < 4.78 is 5.05. The fourth-order valence-corrected chi connectivity index (χ4v) is 2.33. The Hall–Kier alpha value is -1.98. The Balaban J connectivity index is 1.76. The van der Waals surface area contributed by atoms with E-state index in [1.165, 1.54) is 0 Å². The van der Waals surface area contributed by atoms with Crippen LogP contribution in [0.15, 0.2) is 23.1 Å². The molecule has 2 aromatic heterocycles. The molecule has 6 nitrogen and oxygen atoms in total. The zero-order valence-corrected chi connectivity index (χ0v) is 10.3. The highest BCUT2D eigenvalue weighted by Gasteiger charge is 2.25. The normalized spacial score (nSPS) is 20.1. The van der Waals surface area contributed by atoms with E-state index in [9.17, 15) is 0 Å². The van der Waals surface area contributed by atoms with Crippen molar-refractivity contribution in [3.05, 3.63) is 30.3 Å². The van der Waals surface area contributed by atoms with Crippen molar-refractivity contribution in [2.24, 2.45) is 0 Å². The van der Waals surface area contributed by atoms with Gasteiger partial charge in [-0.1, -0.05) is 5.16 Å². The number of aromatic nitrogens is 4. The topological polar surface area (TPSA) is 67.9 Å². The molecule has 1 unspecified atom stereocenters. The van der Waals surface area contributed by atoms with Gasteiger partial charge in [-0.05, 0) is 12.8 Å². The van der Waals surface area contributed by atoms with Gasteiger partial charge < -0.3 is 9.42 Å². The van der Waals surface area contributed by atoms with E-state index in [0.29, 0.717) is 11.8 Å². The molecule has 18 heavy (non-hydrogen) atoms. The SMILES string of the molecule is Cc1nc(C2CCCN(c3cnccn3)C2)no1. The molecule has 1 aliphatic rings. The van der Waals surface area contributed by atoms with E-state index in [0.717, 1.165) is 37.6 Å². The highest BCUT2D eigenvalue weighted by atomic mass is 16.5. The zero-order valence-electron chi connectivity index (χ0n) is 10.3. The molecule has 3 heterocycles. The van der Waals surface area contributed by atoms with E-state index >= 15 is 0 Å². The van der Waals surface area contributed by atoms with Gasteiger partial charge in [0.1, 0.15) is 5.82 Å². The van der Waals surface area contributed by atoms with Crippen LogP contribution in [0.1, 0.15) is 30.5 Å². The monoisotopic (exact) mass is 245 g/mol. The van der Waals surface area contributed by atoms with Crippen molar-refractivity contribution in [1.82, 2.24) is 20.1 Å². The molecule has 0 aliphatic carbocycles. The summed E-state index contributed by atoms with van der Waals surface area (Å²) in [7, 11) is 0. The van der Waals surface area contributed by atoms with Gasteiger partial charge in [0.15, 0.2) is 5.82 Å². The minimum absolute atomic E-state index is 0.318. The van der Waals surface area contributed by atoms with Crippen LogP contribution in [-0.2, 0) is 0 Å².